The highest BCUT2D eigenvalue weighted by atomic mass is 28.3. The van der Waals surface area contributed by atoms with E-state index >= 15 is 0 Å². The van der Waals surface area contributed by atoms with Crippen molar-refractivity contribution in [3.8, 4) is 17.2 Å². The molecule has 6 nitrogen and oxygen atoms in total. The molecule has 0 atom stereocenters. The Morgan fingerprint density at radius 3 is 2.69 bits per heavy atom. The van der Waals surface area contributed by atoms with Crippen molar-refractivity contribution in [1.82, 2.24) is 14.5 Å². The third-order valence-electron chi connectivity index (χ3n) is 4.49. The normalized spacial score (nSPS) is 12.7. The van der Waals surface area contributed by atoms with Crippen LogP contribution in [0.25, 0.3) is 5.69 Å². The highest BCUT2D eigenvalue weighted by Gasteiger charge is 2.24. The van der Waals surface area contributed by atoms with Crippen molar-refractivity contribution in [3.63, 3.8) is 0 Å². The molecule has 1 aliphatic heterocycles. The Kier molecular flexibility index (Phi) is 4.64. The van der Waals surface area contributed by atoms with Gasteiger partial charge < -0.3 is 5.73 Å². The maximum Gasteiger partial charge on any atom is 0.269 e. The van der Waals surface area contributed by atoms with Crippen molar-refractivity contribution in [2.45, 2.75) is 26.2 Å². The zero-order valence-corrected chi connectivity index (χ0v) is 17.6. The van der Waals surface area contributed by atoms with Crippen LogP contribution in [0.2, 0.25) is 19.6 Å². The second kappa shape index (κ2) is 7.15. The number of rotatable bonds is 2. The predicted octanol–water partition coefficient (Wildman–Crippen LogP) is 2.95. The Morgan fingerprint density at radius 2 is 2.00 bits per heavy atom. The van der Waals surface area contributed by atoms with Crippen LogP contribution >= 0.6 is 0 Å². The van der Waals surface area contributed by atoms with Crippen molar-refractivity contribution in [1.29, 1.82) is 0 Å². The quantitative estimate of drug-likeness (QED) is 0.531. The third-order valence-corrected chi connectivity index (χ3v) is 5.36. The Bertz CT molecular complexity index is 1190. The second-order valence-corrected chi connectivity index (χ2v) is 12.6. The Hall–Kier alpha value is -3.50. The first kappa shape index (κ1) is 18.8. The van der Waals surface area contributed by atoms with Crippen LogP contribution in [-0.4, -0.2) is 34.2 Å². The van der Waals surface area contributed by atoms with Gasteiger partial charge in [0.1, 0.15) is 14.4 Å². The summed E-state index contributed by atoms with van der Waals surface area (Å²) in [4.78, 5) is 25.3. The SMILES string of the molecule is C[Si](C)(C)C#Cc1ccc2c(c1)C(c1ccccn1)=NCc1c(C(N)=O)ncn1-2. The molecule has 2 aromatic heterocycles. The maximum absolute atomic E-state index is 11.8. The van der Waals surface area contributed by atoms with Gasteiger partial charge in [0.05, 0.1) is 29.3 Å². The standard InChI is InChI=1S/C22H21N5OSi/c1-29(2,3)11-9-15-7-8-18-16(12-15)20(17-6-4-5-10-24-17)25-13-19-21(22(23)28)26-14-27(18)19/h4-8,10,12,14H,13H2,1-3H3,(H2,23,28). The number of nitrogens with two attached hydrogens (primary N) is 1. The topological polar surface area (TPSA) is 86.2 Å². The Balaban J connectivity index is 1.94. The molecular weight excluding hydrogens is 378 g/mol. The molecule has 3 aromatic rings. The van der Waals surface area contributed by atoms with Gasteiger partial charge in [-0.2, -0.15) is 0 Å². The van der Waals surface area contributed by atoms with Crippen molar-refractivity contribution in [2.75, 3.05) is 0 Å². The van der Waals surface area contributed by atoms with E-state index in [4.69, 9.17) is 10.7 Å². The van der Waals surface area contributed by atoms with E-state index in [-0.39, 0.29) is 12.2 Å². The molecule has 0 fully saturated rings. The summed E-state index contributed by atoms with van der Waals surface area (Å²) in [6.07, 6.45) is 3.37. The third kappa shape index (κ3) is 3.75. The Labute approximate surface area is 170 Å². The van der Waals surface area contributed by atoms with Crippen LogP contribution in [0, 0.1) is 11.5 Å². The summed E-state index contributed by atoms with van der Waals surface area (Å²) in [5.41, 5.74) is 14.1. The van der Waals surface area contributed by atoms with Gasteiger partial charge in [0.25, 0.3) is 5.91 Å². The van der Waals surface area contributed by atoms with Gasteiger partial charge in [-0.3, -0.25) is 19.3 Å². The number of carbonyl (C=O) groups is 1. The first-order valence-electron chi connectivity index (χ1n) is 9.33. The van der Waals surface area contributed by atoms with E-state index in [1.54, 1.807) is 12.5 Å². The van der Waals surface area contributed by atoms with E-state index in [0.29, 0.717) is 5.69 Å². The van der Waals surface area contributed by atoms with Crippen LogP contribution < -0.4 is 5.73 Å². The van der Waals surface area contributed by atoms with Crippen LogP contribution in [0.1, 0.15) is 33.0 Å². The first-order valence-corrected chi connectivity index (χ1v) is 12.8. The van der Waals surface area contributed by atoms with Crippen molar-refractivity contribution < 1.29 is 4.79 Å². The number of pyridine rings is 1. The first-order chi connectivity index (χ1) is 13.8. The fourth-order valence-corrected chi connectivity index (χ4v) is 3.69. The fourth-order valence-electron chi connectivity index (χ4n) is 3.17. The van der Waals surface area contributed by atoms with Gasteiger partial charge in [0.15, 0.2) is 5.69 Å². The molecule has 1 aromatic carbocycles. The van der Waals surface area contributed by atoms with E-state index in [0.717, 1.165) is 28.2 Å². The van der Waals surface area contributed by atoms with Gasteiger partial charge in [-0.15, -0.1) is 5.54 Å². The van der Waals surface area contributed by atoms with Crippen molar-refractivity contribution in [2.24, 2.45) is 10.7 Å². The summed E-state index contributed by atoms with van der Waals surface area (Å²) in [5, 5.41) is 0. The lowest BCUT2D eigenvalue weighted by Gasteiger charge is -2.12. The minimum Gasteiger partial charge on any atom is -0.364 e. The fraction of sp³-hybridized carbons (Fsp3) is 0.182. The molecule has 1 amide bonds. The van der Waals surface area contributed by atoms with E-state index in [1.165, 1.54) is 0 Å². The minimum atomic E-state index is -1.50. The molecule has 0 saturated heterocycles. The highest BCUT2D eigenvalue weighted by Crippen LogP contribution is 2.27. The number of benzene rings is 1. The lowest BCUT2D eigenvalue weighted by atomic mass is 10.0. The van der Waals surface area contributed by atoms with Gasteiger partial charge in [0.2, 0.25) is 0 Å². The lowest BCUT2D eigenvalue weighted by molar-refractivity contribution is 0.0995. The minimum absolute atomic E-state index is 0.240. The molecule has 0 bridgehead atoms. The molecule has 7 heteroatoms. The summed E-state index contributed by atoms with van der Waals surface area (Å²) < 4.78 is 1.88. The van der Waals surface area contributed by atoms with E-state index in [1.807, 2.05) is 41.0 Å². The number of aliphatic imine (C=N–C) groups is 1. The number of amides is 1. The number of nitrogens with zero attached hydrogens (tertiary/aromatic N) is 4. The second-order valence-electron chi connectivity index (χ2n) is 7.89. The number of carbonyl (C=O) groups excluding carboxylic acids is 1. The molecule has 4 rings (SSSR count). The molecule has 0 spiro atoms. The Morgan fingerprint density at radius 1 is 1.17 bits per heavy atom. The number of imidazole rings is 1. The van der Waals surface area contributed by atoms with Gasteiger partial charge in [-0.25, -0.2) is 4.98 Å². The molecule has 0 unspecified atom stereocenters. The van der Waals surface area contributed by atoms with Crippen molar-refractivity contribution >= 4 is 19.7 Å². The molecule has 1 aliphatic rings. The van der Waals surface area contributed by atoms with Gasteiger partial charge in [-0.1, -0.05) is 31.6 Å². The van der Waals surface area contributed by atoms with Gasteiger partial charge in [-0.05, 0) is 30.3 Å². The largest absolute Gasteiger partial charge is 0.364 e. The summed E-state index contributed by atoms with van der Waals surface area (Å²) in [6.45, 7) is 6.93. The summed E-state index contributed by atoms with van der Waals surface area (Å²) >= 11 is 0. The van der Waals surface area contributed by atoms with Crippen LogP contribution in [0.4, 0.5) is 0 Å². The monoisotopic (exact) mass is 399 g/mol. The molecule has 0 saturated carbocycles. The molecule has 144 valence electrons. The van der Waals surface area contributed by atoms with Gasteiger partial charge >= 0.3 is 0 Å². The summed E-state index contributed by atoms with van der Waals surface area (Å²) in [5.74, 6) is 2.75. The van der Waals surface area contributed by atoms with Crippen LogP contribution in [-0.2, 0) is 6.54 Å². The highest BCUT2D eigenvalue weighted by molar-refractivity contribution is 6.83. The maximum atomic E-state index is 11.8. The number of primary amides is 1. The average Bonchev–Trinajstić information content (AvgIpc) is 3.04. The zero-order chi connectivity index (χ0) is 20.6. The molecule has 2 N–H and O–H groups in total. The van der Waals surface area contributed by atoms with Crippen LogP contribution in [0.5, 0.6) is 0 Å². The predicted molar refractivity (Wildman–Crippen MR) is 116 cm³/mol. The van der Waals surface area contributed by atoms with E-state index in [9.17, 15) is 4.79 Å². The number of aromatic nitrogens is 3. The van der Waals surface area contributed by atoms with E-state index < -0.39 is 14.0 Å². The number of fused-ring (bicyclic) bond motifs is 3. The molecular formula is C22H21N5OSi. The van der Waals surface area contributed by atoms with E-state index in [2.05, 4.69) is 41.1 Å². The molecule has 29 heavy (non-hydrogen) atoms. The molecule has 0 aliphatic carbocycles. The van der Waals surface area contributed by atoms with Crippen LogP contribution in [0.15, 0.2) is 53.9 Å². The summed E-state index contributed by atoms with van der Waals surface area (Å²) in [7, 11) is -1.50. The van der Waals surface area contributed by atoms with Gasteiger partial charge in [0, 0.05) is 17.3 Å². The van der Waals surface area contributed by atoms with Crippen LogP contribution in [0.3, 0.4) is 0 Å². The number of hydrogen-bond acceptors (Lipinski definition) is 4. The lowest BCUT2D eigenvalue weighted by Crippen LogP contribution is -2.16. The van der Waals surface area contributed by atoms with Crippen molar-refractivity contribution in [3.05, 3.63) is 77.1 Å². The average molecular weight is 400 g/mol. The smallest absolute Gasteiger partial charge is 0.269 e. The zero-order valence-electron chi connectivity index (χ0n) is 16.6. The number of hydrogen-bond donors (Lipinski definition) is 1. The molecule has 3 heterocycles. The summed E-state index contributed by atoms with van der Waals surface area (Å²) in [6, 6.07) is 11.7. The molecule has 0 radical (unpaired) electrons.